The highest BCUT2D eigenvalue weighted by Crippen LogP contribution is 2.32. The molecule has 0 aliphatic carbocycles. The van der Waals surface area contributed by atoms with E-state index in [4.69, 9.17) is 10.5 Å². The number of ether oxygens (including phenoxy) is 1. The lowest BCUT2D eigenvalue weighted by Gasteiger charge is -2.10. The highest BCUT2D eigenvalue weighted by molar-refractivity contribution is 5.85. The lowest BCUT2D eigenvalue weighted by Crippen LogP contribution is -2.04. The summed E-state index contributed by atoms with van der Waals surface area (Å²) in [4.78, 5) is 12.5. The summed E-state index contributed by atoms with van der Waals surface area (Å²) in [6.45, 7) is 0. The Bertz CT molecular complexity index is 1140. The molecule has 2 aromatic carbocycles. The van der Waals surface area contributed by atoms with Crippen LogP contribution < -0.4 is 10.5 Å². The molecule has 0 aliphatic rings. The molecule has 0 fully saturated rings. The van der Waals surface area contributed by atoms with Crippen molar-refractivity contribution >= 4 is 16.7 Å². The van der Waals surface area contributed by atoms with E-state index in [9.17, 15) is 13.2 Å². The van der Waals surface area contributed by atoms with Crippen LogP contribution in [0.2, 0.25) is 0 Å². The molecule has 0 atom stereocenters. The van der Waals surface area contributed by atoms with Crippen molar-refractivity contribution in [3.05, 3.63) is 72.6 Å². The first kappa shape index (κ1) is 17.7. The fourth-order valence-electron chi connectivity index (χ4n) is 2.71. The van der Waals surface area contributed by atoms with Crippen molar-refractivity contribution in [2.75, 3.05) is 5.73 Å². The summed E-state index contributed by atoms with van der Waals surface area (Å²) in [5.74, 6) is 1.06. The van der Waals surface area contributed by atoms with Gasteiger partial charge in [-0.05, 0) is 30.3 Å². The van der Waals surface area contributed by atoms with Gasteiger partial charge in [-0.1, -0.05) is 24.3 Å². The van der Waals surface area contributed by atoms with Crippen LogP contribution in [0.3, 0.4) is 0 Å². The third-order valence-electron chi connectivity index (χ3n) is 4.07. The number of alkyl halides is 3. The first-order valence-electron chi connectivity index (χ1n) is 8.23. The number of nitrogens with two attached hydrogens (primary N) is 1. The molecular weight excluding hydrogens is 369 g/mol. The van der Waals surface area contributed by atoms with Gasteiger partial charge in [-0.15, -0.1) is 0 Å². The Balaban J connectivity index is 1.66. The normalized spacial score (nSPS) is 11.5. The van der Waals surface area contributed by atoms with Gasteiger partial charge in [-0.2, -0.15) is 13.2 Å². The largest absolute Gasteiger partial charge is 0.437 e. The van der Waals surface area contributed by atoms with Gasteiger partial charge in [0.2, 0.25) is 5.88 Å². The van der Waals surface area contributed by atoms with E-state index in [0.29, 0.717) is 28.3 Å². The maximum Gasteiger partial charge on any atom is 0.416 e. The van der Waals surface area contributed by atoms with Gasteiger partial charge in [0.25, 0.3) is 0 Å². The van der Waals surface area contributed by atoms with Crippen LogP contribution in [-0.2, 0) is 6.18 Å². The number of halogens is 3. The van der Waals surface area contributed by atoms with Crippen LogP contribution in [0.1, 0.15) is 5.56 Å². The quantitative estimate of drug-likeness (QED) is 0.535. The Labute approximate surface area is 157 Å². The fraction of sp³-hybridized carbons (Fsp3) is 0.0500. The highest BCUT2D eigenvalue weighted by atomic mass is 19.4. The predicted octanol–water partition coefficient (Wildman–Crippen LogP) is 5.09. The second-order valence-electron chi connectivity index (χ2n) is 5.98. The van der Waals surface area contributed by atoms with Crippen LogP contribution >= 0.6 is 0 Å². The standard InChI is InChI=1S/C20H13F3N4O/c21-20(22,23)14-7-4-12(5-8-14)15-10-18(26-11-25-15)28-16-3-1-2-13-6-9-17(24)27-19(13)16/h1-11H,(H2,24,27). The number of aromatic nitrogens is 3. The molecule has 0 bridgehead atoms. The van der Waals surface area contributed by atoms with Crippen molar-refractivity contribution in [2.45, 2.75) is 6.18 Å². The summed E-state index contributed by atoms with van der Waals surface area (Å²) in [7, 11) is 0. The number of benzene rings is 2. The molecule has 28 heavy (non-hydrogen) atoms. The molecule has 0 saturated heterocycles. The maximum atomic E-state index is 12.7. The van der Waals surface area contributed by atoms with E-state index >= 15 is 0 Å². The topological polar surface area (TPSA) is 73.9 Å². The molecule has 4 aromatic rings. The Morgan fingerprint density at radius 1 is 0.893 bits per heavy atom. The van der Waals surface area contributed by atoms with E-state index in [2.05, 4.69) is 15.0 Å². The molecule has 8 heteroatoms. The number of hydrogen-bond acceptors (Lipinski definition) is 5. The molecule has 0 saturated carbocycles. The Hall–Kier alpha value is -3.68. The van der Waals surface area contributed by atoms with E-state index in [1.165, 1.54) is 18.5 Å². The molecule has 0 radical (unpaired) electrons. The summed E-state index contributed by atoms with van der Waals surface area (Å²) in [5, 5.41) is 0.851. The minimum atomic E-state index is -4.39. The van der Waals surface area contributed by atoms with Gasteiger partial charge in [-0.3, -0.25) is 0 Å². The zero-order valence-corrected chi connectivity index (χ0v) is 14.3. The molecule has 0 amide bonds. The van der Waals surface area contributed by atoms with Gasteiger partial charge in [0.05, 0.1) is 11.3 Å². The van der Waals surface area contributed by atoms with Gasteiger partial charge in [0.1, 0.15) is 17.7 Å². The third-order valence-corrected chi connectivity index (χ3v) is 4.07. The number of nitrogens with zero attached hydrogens (tertiary/aromatic N) is 3. The lowest BCUT2D eigenvalue weighted by atomic mass is 10.1. The second-order valence-corrected chi connectivity index (χ2v) is 5.98. The van der Waals surface area contributed by atoms with E-state index in [1.54, 1.807) is 18.2 Å². The van der Waals surface area contributed by atoms with Gasteiger partial charge < -0.3 is 10.5 Å². The van der Waals surface area contributed by atoms with Gasteiger partial charge >= 0.3 is 6.18 Å². The molecule has 2 aromatic heterocycles. The van der Waals surface area contributed by atoms with E-state index in [-0.39, 0.29) is 5.88 Å². The predicted molar refractivity (Wildman–Crippen MR) is 98.7 cm³/mol. The number of rotatable bonds is 3. The van der Waals surface area contributed by atoms with Crippen LogP contribution in [0.4, 0.5) is 19.0 Å². The average Bonchev–Trinajstić information content (AvgIpc) is 2.68. The Morgan fingerprint density at radius 2 is 1.68 bits per heavy atom. The SMILES string of the molecule is Nc1ccc2cccc(Oc3cc(-c4ccc(C(F)(F)F)cc4)ncn3)c2n1. The van der Waals surface area contributed by atoms with Crippen LogP contribution in [0.25, 0.3) is 22.2 Å². The highest BCUT2D eigenvalue weighted by Gasteiger charge is 2.30. The number of anilines is 1. The zero-order valence-electron chi connectivity index (χ0n) is 14.3. The molecule has 2 heterocycles. The summed E-state index contributed by atoms with van der Waals surface area (Å²) >= 11 is 0. The van der Waals surface area contributed by atoms with Crippen molar-refractivity contribution in [1.29, 1.82) is 0 Å². The fourth-order valence-corrected chi connectivity index (χ4v) is 2.71. The van der Waals surface area contributed by atoms with Crippen LogP contribution in [0, 0.1) is 0 Å². The summed E-state index contributed by atoms with van der Waals surface area (Å²) in [6.07, 6.45) is -3.10. The van der Waals surface area contributed by atoms with Crippen molar-refractivity contribution in [3.8, 4) is 22.9 Å². The molecule has 4 rings (SSSR count). The maximum absolute atomic E-state index is 12.7. The monoisotopic (exact) mass is 382 g/mol. The molecule has 0 unspecified atom stereocenters. The Kier molecular flexibility index (Phi) is 4.31. The average molecular weight is 382 g/mol. The minimum Gasteiger partial charge on any atom is -0.437 e. The molecular formula is C20H13F3N4O. The number of fused-ring (bicyclic) bond motifs is 1. The third kappa shape index (κ3) is 3.57. The van der Waals surface area contributed by atoms with Crippen molar-refractivity contribution < 1.29 is 17.9 Å². The zero-order chi connectivity index (χ0) is 19.7. The number of hydrogen-bond donors (Lipinski definition) is 1. The molecule has 0 aliphatic heterocycles. The first-order chi connectivity index (χ1) is 13.4. The number of nitrogen functional groups attached to an aromatic ring is 1. The second kappa shape index (κ2) is 6.80. The van der Waals surface area contributed by atoms with Gasteiger partial charge in [0.15, 0.2) is 5.75 Å². The summed E-state index contributed by atoms with van der Waals surface area (Å²) in [6, 6.07) is 15.2. The summed E-state index contributed by atoms with van der Waals surface area (Å²) < 4.78 is 44.0. The first-order valence-corrected chi connectivity index (χ1v) is 8.23. The minimum absolute atomic E-state index is 0.238. The number of para-hydroxylation sites is 1. The van der Waals surface area contributed by atoms with Crippen molar-refractivity contribution in [3.63, 3.8) is 0 Å². The molecule has 140 valence electrons. The molecule has 0 spiro atoms. The van der Waals surface area contributed by atoms with Crippen molar-refractivity contribution in [2.24, 2.45) is 0 Å². The smallest absolute Gasteiger partial charge is 0.416 e. The van der Waals surface area contributed by atoms with E-state index in [1.807, 2.05) is 18.2 Å². The van der Waals surface area contributed by atoms with E-state index < -0.39 is 11.7 Å². The molecule has 5 nitrogen and oxygen atoms in total. The van der Waals surface area contributed by atoms with E-state index in [0.717, 1.165) is 17.5 Å². The molecule has 2 N–H and O–H groups in total. The van der Waals surface area contributed by atoms with Crippen LogP contribution in [0.15, 0.2) is 67.0 Å². The summed E-state index contributed by atoms with van der Waals surface area (Å²) in [5.41, 5.74) is 6.57. The van der Waals surface area contributed by atoms with Crippen LogP contribution in [0.5, 0.6) is 11.6 Å². The van der Waals surface area contributed by atoms with Crippen molar-refractivity contribution in [1.82, 2.24) is 15.0 Å². The van der Waals surface area contributed by atoms with Gasteiger partial charge in [-0.25, -0.2) is 15.0 Å². The number of pyridine rings is 1. The lowest BCUT2D eigenvalue weighted by molar-refractivity contribution is -0.137. The Morgan fingerprint density at radius 3 is 2.43 bits per heavy atom. The van der Waals surface area contributed by atoms with Crippen LogP contribution in [-0.4, -0.2) is 15.0 Å². The van der Waals surface area contributed by atoms with Gasteiger partial charge in [0, 0.05) is 17.0 Å².